The number of hydrogen-bond donors (Lipinski definition) is 1. The summed E-state index contributed by atoms with van der Waals surface area (Å²) in [7, 11) is 0. The molecule has 6 aromatic carbocycles. The lowest BCUT2D eigenvalue weighted by atomic mass is 9.92. The Labute approximate surface area is 249 Å². The second kappa shape index (κ2) is 10.6. The number of amidine groups is 2. The van der Waals surface area contributed by atoms with E-state index in [0.29, 0.717) is 0 Å². The molecule has 1 atom stereocenters. The van der Waals surface area contributed by atoms with Crippen molar-refractivity contribution < 1.29 is 4.42 Å². The van der Waals surface area contributed by atoms with Gasteiger partial charge in [-0.2, -0.15) is 0 Å². The Morgan fingerprint density at radius 1 is 0.465 bits per heavy atom. The average molecular weight is 554 g/mol. The normalized spacial score (nSPS) is 14.7. The van der Waals surface area contributed by atoms with E-state index < -0.39 is 6.17 Å². The number of nitrogens with one attached hydrogen (secondary N) is 1. The third-order valence-electron chi connectivity index (χ3n) is 7.97. The van der Waals surface area contributed by atoms with E-state index in [-0.39, 0.29) is 0 Å². The smallest absolute Gasteiger partial charge is 0.169 e. The van der Waals surface area contributed by atoms with Crippen LogP contribution in [0.2, 0.25) is 0 Å². The summed E-state index contributed by atoms with van der Waals surface area (Å²) >= 11 is 0. The maximum Gasteiger partial charge on any atom is 0.169 e. The van der Waals surface area contributed by atoms with Crippen LogP contribution >= 0.6 is 0 Å². The minimum absolute atomic E-state index is 0.394. The Morgan fingerprint density at radius 2 is 1.05 bits per heavy atom. The van der Waals surface area contributed by atoms with Gasteiger partial charge in [0.25, 0.3) is 0 Å². The van der Waals surface area contributed by atoms with Crippen molar-refractivity contribution in [2.45, 2.75) is 6.17 Å². The lowest BCUT2D eigenvalue weighted by Crippen LogP contribution is -2.36. The third kappa shape index (κ3) is 4.59. The quantitative estimate of drug-likeness (QED) is 0.231. The second-order valence-electron chi connectivity index (χ2n) is 10.6. The summed E-state index contributed by atoms with van der Waals surface area (Å²) in [6.45, 7) is 0. The largest absolute Gasteiger partial charge is 0.456 e. The summed E-state index contributed by atoms with van der Waals surface area (Å²) in [6, 6.07) is 52.2. The number of aliphatic imine (C=N–C) groups is 2. The molecule has 0 saturated heterocycles. The lowest BCUT2D eigenvalue weighted by molar-refractivity contribution is 0.669. The molecule has 7 aromatic rings. The van der Waals surface area contributed by atoms with E-state index in [1.54, 1.807) is 0 Å². The summed E-state index contributed by atoms with van der Waals surface area (Å²) in [4.78, 5) is 10.3. The van der Waals surface area contributed by atoms with Crippen LogP contribution in [0.25, 0.3) is 44.2 Å². The molecule has 0 aliphatic carbocycles. The lowest BCUT2D eigenvalue weighted by Gasteiger charge is -2.24. The van der Waals surface area contributed by atoms with Gasteiger partial charge >= 0.3 is 0 Å². The van der Waals surface area contributed by atoms with E-state index in [0.717, 1.165) is 61.4 Å². The first-order valence-corrected chi connectivity index (χ1v) is 14.5. The van der Waals surface area contributed by atoms with Gasteiger partial charge in [-0.3, -0.25) is 0 Å². The predicted molar refractivity (Wildman–Crippen MR) is 176 cm³/mol. The molecule has 2 heterocycles. The van der Waals surface area contributed by atoms with Crippen molar-refractivity contribution in [1.82, 2.24) is 5.32 Å². The first kappa shape index (κ1) is 25.0. The number of fused-ring (bicyclic) bond motifs is 3. The number of para-hydroxylation sites is 1. The van der Waals surface area contributed by atoms with Crippen LogP contribution in [0.5, 0.6) is 0 Å². The summed E-state index contributed by atoms with van der Waals surface area (Å²) in [5.74, 6) is 1.55. The summed E-state index contributed by atoms with van der Waals surface area (Å²) in [6.07, 6.45) is -0.394. The van der Waals surface area contributed by atoms with Crippen molar-refractivity contribution in [3.63, 3.8) is 0 Å². The van der Waals surface area contributed by atoms with Crippen molar-refractivity contribution in [1.29, 1.82) is 0 Å². The van der Waals surface area contributed by atoms with Crippen LogP contribution in [-0.4, -0.2) is 11.7 Å². The molecular weight excluding hydrogens is 526 g/mol. The molecule has 0 amide bonds. The fourth-order valence-electron chi connectivity index (χ4n) is 5.87. The topological polar surface area (TPSA) is 49.9 Å². The molecule has 4 heteroatoms. The van der Waals surface area contributed by atoms with E-state index in [1.165, 1.54) is 11.1 Å². The highest BCUT2D eigenvalue weighted by Gasteiger charge is 2.26. The van der Waals surface area contributed by atoms with Crippen LogP contribution in [0.15, 0.2) is 166 Å². The first-order chi connectivity index (χ1) is 21.3. The minimum Gasteiger partial charge on any atom is -0.456 e. The second-order valence-corrected chi connectivity index (χ2v) is 10.6. The number of benzene rings is 6. The Hall–Kier alpha value is -5.74. The zero-order valence-corrected chi connectivity index (χ0v) is 23.3. The van der Waals surface area contributed by atoms with Crippen molar-refractivity contribution in [3.8, 4) is 22.3 Å². The molecule has 0 fully saturated rings. The molecule has 1 N–H and O–H groups in total. The molecule has 204 valence electrons. The zero-order chi connectivity index (χ0) is 28.6. The van der Waals surface area contributed by atoms with E-state index in [9.17, 15) is 0 Å². The summed E-state index contributed by atoms with van der Waals surface area (Å²) in [5.41, 5.74) is 9.27. The Kier molecular flexibility index (Phi) is 6.16. The molecule has 1 unspecified atom stereocenters. The molecule has 0 radical (unpaired) electrons. The molecule has 43 heavy (non-hydrogen) atoms. The van der Waals surface area contributed by atoms with E-state index in [1.807, 2.05) is 54.6 Å². The van der Waals surface area contributed by atoms with Gasteiger partial charge in [-0.05, 0) is 46.0 Å². The maximum absolute atomic E-state index is 6.36. The van der Waals surface area contributed by atoms with E-state index >= 15 is 0 Å². The van der Waals surface area contributed by atoms with Gasteiger partial charge in [-0.1, -0.05) is 133 Å². The number of hydrogen-bond acceptors (Lipinski definition) is 4. The van der Waals surface area contributed by atoms with Crippen LogP contribution < -0.4 is 5.32 Å². The van der Waals surface area contributed by atoms with Gasteiger partial charge in [0.2, 0.25) is 0 Å². The molecule has 0 saturated carbocycles. The van der Waals surface area contributed by atoms with Gasteiger partial charge < -0.3 is 9.73 Å². The van der Waals surface area contributed by atoms with Gasteiger partial charge in [0.05, 0.1) is 0 Å². The highest BCUT2D eigenvalue weighted by atomic mass is 16.3. The van der Waals surface area contributed by atoms with Gasteiger partial charge in [0.15, 0.2) is 6.17 Å². The fourth-order valence-corrected chi connectivity index (χ4v) is 5.87. The summed E-state index contributed by atoms with van der Waals surface area (Å²) < 4.78 is 6.36. The van der Waals surface area contributed by atoms with E-state index in [2.05, 4.69) is 102 Å². The molecule has 4 nitrogen and oxygen atoms in total. The Morgan fingerprint density at radius 3 is 1.79 bits per heavy atom. The predicted octanol–water partition coefficient (Wildman–Crippen LogP) is 9.42. The zero-order valence-electron chi connectivity index (χ0n) is 23.3. The SMILES string of the molecule is c1ccc(C2=NC(c3ccccc3)N=C(c3c(-c4ccc(-c5ccccc5)cc4)ccc4oc5ccccc5c34)N2)cc1. The van der Waals surface area contributed by atoms with Gasteiger partial charge in [-0.15, -0.1) is 0 Å². The van der Waals surface area contributed by atoms with E-state index in [4.69, 9.17) is 14.4 Å². The van der Waals surface area contributed by atoms with Crippen LogP contribution in [0.1, 0.15) is 22.9 Å². The number of furan rings is 1. The molecule has 1 aliphatic heterocycles. The van der Waals surface area contributed by atoms with Crippen LogP contribution in [0, 0.1) is 0 Å². The highest BCUT2D eigenvalue weighted by Crippen LogP contribution is 2.39. The Balaban J connectivity index is 1.35. The molecule has 8 rings (SSSR count). The first-order valence-electron chi connectivity index (χ1n) is 14.5. The molecule has 0 bridgehead atoms. The third-order valence-corrected chi connectivity index (χ3v) is 7.97. The van der Waals surface area contributed by atoms with Crippen LogP contribution in [0.3, 0.4) is 0 Å². The van der Waals surface area contributed by atoms with Crippen molar-refractivity contribution in [2.24, 2.45) is 9.98 Å². The summed E-state index contributed by atoms with van der Waals surface area (Å²) in [5, 5.41) is 5.73. The van der Waals surface area contributed by atoms with Crippen molar-refractivity contribution in [2.75, 3.05) is 0 Å². The average Bonchev–Trinajstić information content (AvgIpc) is 3.48. The fraction of sp³-hybridized carbons (Fsp3) is 0.0256. The standard InChI is InChI=1S/C39H27N3O/c1-4-12-26(13-5-1)27-20-22-28(23-21-27)31-24-25-34-35(32-18-10-11-19-33(32)43-34)36(31)39-41-37(29-14-6-2-7-15-29)40-38(42-39)30-16-8-3-9-17-30/h1-25,37H,(H,40,41,42). The van der Waals surface area contributed by atoms with Crippen molar-refractivity contribution >= 4 is 33.6 Å². The van der Waals surface area contributed by atoms with Crippen LogP contribution in [0.4, 0.5) is 0 Å². The molecule has 1 aromatic heterocycles. The highest BCUT2D eigenvalue weighted by molar-refractivity contribution is 6.26. The van der Waals surface area contributed by atoms with Gasteiger partial charge in [0, 0.05) is 21.9 Å². The number of rotatable bonds is 5. The van der Waals surface area contributed by atoms with Crippen molar-refractivity contribution in [3.05, 3.63) is 168 Å². The molecule has 0 spiro atoms. The maximum atomic E-state index is 6.36. The van der Waals surface area contributed by atoms with Gasteiger partial charge in [-0.25, -0.2) is 9.98 Å². The van der Waals surface area contributed by atoms with Gasteiger partial charge in [0.1, 0.15) is 22.8 Å². The van der Waals surface area contributed by atoms with Crippen LogP contribution in [-0.2, 0) is 0 Å². The Bertz CT molecular complexity index is 2130. The molecule has 1 aliphatic rings. The number of nitrogens with zero attached hydrogens (tertiary/aromatic N) is 2. The molecular formula is C39H27N3O. The monoisotopic (exact) mass is 553 g/mol. The minimum atomic E-state index is -0.394.